The van der Waals surface area contributed by atoms with Crippen molar-refractivity contribution >= 4 is 17.8 Å². The van der Waals surface area contributed by atoms with Crippen molar-refractivity contribution in [1.82, 2.24) is 20.4 Å². The fourth-order valence-corrected chi connectivity index (χ4v) is 5.61. The number of carbonyl (C=O) groups excluding carboxylic acids is 2. The molecule has 0 radical (unpaired) electrons. The maximum atomic E-state index is 12.8. The Hall–Kier alpha value is -1.93. The first-order chi connectivity index (χ1) is 14.6. The molecule has 2 heterocycles. The molecule has 3 fully saturated rings. The van der Waals surface area contributed by atoms with Gasteiger partial charge in [-0.1, -0.05) is 12.2 Å². The van der Waals surface area contributed by atoms with Crippen LogP contribution in [0.25, 0.3) is 0 Å². The molecule has 2 aliphatic heterocycles. The molecule has 5 atom stereocenters. The molecule has 4 aliphatic rings. The topological polar surface area (TPSA) is 86.3 Å². The molecule has 5 unspecified atom stereocenters. The van der Waals surface area contributed by atoms with E-state index in [9.17, 15) is 9.59 Å². The van der Waals surface area contributed by atoms with Gasteiger partial charge in [0.15, 0.2) is 5.96 Å². The zero-order valence-corrected chi connectivity index (χ0v) is 18.2. The molecule has 0 aromatic carbocycles. The summed E-state index contributed by atoms with van der Waals surface area (Å²) in [5.74, 6) is 1.08. The Balaban J connectivity index is 1.28. The summed E-state index contributed by atoms with van der Waals surface area (Å²) in [6.07, 6.45) is 7.59. The monoisotopic (exact) mass is 417 g/mol. The van der Waals surface area contributed by atoms with Crippen LogP contribution in [0.2, 0.25) is 0 Å². The van der Waals surface area contributed by atoms with Crippen molar-refractivity contribution in [3.8, 4) is 0 Å². The van der Waals surface area contributed by atoms with Crippen LogP contribution in [0, 0.1) is 23.7 Å². The fraction of sp³-hybridized carbons (Fsp3) is 0.773. The lowest BCUT2D eigenvalue weighted by molar-refractivity contribution is -0.140. The van der Waals surface area contributed by atoms with Crippen LogP contribution in [0.4, 0.5) is 0 Å². The minimum absolute atomic E-state index is 0.0188. The maximum absolute atomic E-state index is 12.8. The summed E-state index contributed by atoms with van der Waals surface area (Å²) >= 11 is 0. The van der Waals surface area contributed by atoms with Gasteiger partial charge in [-0.05, 0) is 44.6 Å². The highest BCUT2D eigenvalue weighted by Gasteiger charge is 2.58. The molecule has 0 aromatic rings. The molecule has 166 valence electrons. The summed E-state index contributed by atoms with van der Waals surface area (Å²) in [4.78, 5) is 34.3. The SMILES string of the molecule is CCNC(=NCC1CCCN1CCOC)NCCN1C(=O)C2C3C=CC(C3)C2C1=O. The van der Waals surface area contributed by atoms with E-state index in [0.717, 1.165) is 51.6 Å². The Labute approximate surface area is 179 Å². The lowest BCUT2D eigenvalue weighted by atomic mass is 9.85. The van der Waals surface area contributed by atoms with Crippen LogP contribution in [0.5, 0.6) is 0 Å². The van der Waals surface area contributed by atoms with E-state index in [1.807, 2.05) is 6.92 Å². The van der Waals surface area contributed by atoms with Gasteiger partial charge in [-0.2, -0.15) is 0 Å². The number of nitrogens with zero attached hydrogens (tertiary/aromatic N) is 3. The van der Waals surface area contributed by atoms with Crippen LogP contribution in [0.1, 0.15) is 26.2 Å². The quantitative estimate of drug-likeness (QED) is 0.245. The van der Waals surface area contributed by atoms with Crippen molar-refractivity contribution in [3.05, 3.63) is 12.2 Å². The Morgan fingerprint density at radius 2 is 1.90 bits per heavy atom. The van der Waals surface area contributed by atoms with Gasteiger partial charge in [0, 0.05) is 39.3 Å². The molecule has 2 bridgehead atoms. The molecule has 2 saturated heterocycles. The summed E-state index contributed by atoms with van der Waals surface area (Å²) in [5, 5.41) is 6.58. The molecule has 2 aliphatic carbocycles. The second-order valence-electron chi connectivity index (χ2n) is 8.80. The average molecular weight is 418 g/mol. The van der Waals surface area contributed by atoms with Gasteiger partial charge in [0.25, 0.3) is 0 Å². The van der Waals surface area contributed by atoms with Gasteiger partial charge in [0.1, 0.15) is 0 Å². The Kier molecular flexibility index (Phi) is 6.73. The number of amides is 2. The maximum Gasteiger partial charge on any atom is 0.233 e. The van der Waals surface area contributed by atoms with Crippen LogP contribution in [0.15, 0.2) is 17.1 Å². The molecule has 0 aromatic heterocycles. The van der Waals surface area contributed by atoms with Gasteiger partial charge in [0.05, 0.1) is 25.0 Å². The fourth-order valence-electron chi connectivity index (χ4n) is 5.61. The van der Waals surface area contributed by atoms with E-state index in [-0.39, 0.29) is 35.5 Å². The van der Waals surface area contributed by atoms with Gasteiger partial charge < -0.3 is 15.4 Å². The van der Waals surface area contributed by atoms with Gasteiger partial charge >= 0.3 is 0 Å². The second kappa shape index (κ2) is 9.47. The van der Waals surface area contributed by atoms with Crippen LogP contribution >= 0.6 is 0 Å². The third-order valence-corrected chi connectivity index (χ3v) is 7.08. The molecular weight excluding hydrogens is 382 g/mol. The molecule has 30 heavy (non-hydrogen) atoms. The molecular formula is C22H35N5O3. The third kappa shape index (κ3) is 4.12. The number of methoxy groups -OCH3 is 1. The Morgan fingerprint density at radius 3 is 2.57 bits per heavy atom. The first kappa shape index (κ1) is 21.3. The summed E-state index contributed by atoms with van der Waals surface area (Å²) in [6, 6.07) is 0.444. The number of allylic oxidation sites excluding steroid dienone is 2. The second-order valence-corrected chi connectivity index (χ2v) is 8.80. The number of fused-ring (bicyclic) bond motifs is 5. The summed E-state index contributed by atoms with van der Waals surface area (Å²) in [7, 11) is 1.74. The van der Waals surface area contributed by atoms with E-state index in [2.05, 4.69) is 27.7 Å². The largest absolute Gasteiger partial charge is 0.383 e. The predicted octanol–water partition coefficient (Wildman–Crippen LogP) is 0.459. The van der Waals surface area contributed by atoms with Crippen molar-refractivity contribution in [1.29, 1.82) is 0 Å². The van der Waals surface area contributed by atoms with E-state index in [1.54, 1.807) is 7.11 Å². The highest BCUT2D eigenvalue weighted by Crippen LogP contribution is 2.52. The number of imide groups is 1. The summed E-state index contributed by atoms with van der Waals surface area (Å²) in [6.45, 7) is 7.25. The van der Waals surface area contributed by atoms with Crippen molar-refractivity contribution in [3.63, 3.8) is 0 Å². The predicted molar refractivity (Wildman–Crippen MR) is 115 cm³/mol. The number of ether oxygens (including phenoxy) is 1. The number of carbonyl (C=O) groups is 2. The number of nitrogens with one attached hydrogen (secondary N) is 2. The molecule has 1 saturated carbocycles. The van der Waals surface area contributed by atoms with Crippen molar-refractivity contribution < 1.29 is 14.3 Å². The van der Waals surface area contributed by atoms with Gasteiger partial charge in [0.2, 0.25) is 11.8 Å². The molecule has 8 nitrogen and oxygen atoms in total. The zero-order valence-electron chi connectivity index (χ0n) is 18.2. The minimum atomic E-state index is -0.116. The molecule has 2 N–H and O–H groups in total. The van der Waals surface area contributed by atoms with E-state index in [0.29, 0.717) is 19.1 Å². The summed E-state index contributed by atoms with van der Waals surface area (Å²) < 4.78 is 5.21. The smallest absolute Gasteiger partial charge is 0.233 e. The Morgan fingerprint density at radius 1 is 1.17 bits per heavy atom. The Bertz CT molecular complexity index is 679. The first-order valence-electron chi connectivity index (χ1n) is 11.4. The molecule has 0 spiro atoms. The van der Waals surface area contributed by atoms with E-state index in [1.165, 1.54) is 11.3 Å². The standard InChI is InChI=1S/C22H35N5O3/c1-3-23-22(25-14-17-5-4-9-26(17)11-12-30-2)24-8-10-27-20(28)18-15-6-7-16(13-15)19(18)21(27)29/h6-7,15-19H,3-5,8-14H2,1-2H3,(H2,23,24,25). The average Bonchev–Trinajstić information content (AvgIpc) is 3.51. The number of likely N-dealkylation sites (tertiary alicyclic amines) is 2. The number of aliphatic imine (C=N–C) groups is 1. The van der Waals surface area contributed by atoms with Crippen molar-refractivity contribution in [2.24, 2.45) is 28.7 Å². The number of hydrogen-bond donors (Lipinski definition) is 2. The number of guanidine groups is 1. The van der Waals surface area contributed by atoms with E-state index in [4.69, 9.17) is 9.73 Å². The lowest BCUT2D eigenvalue weighted by Gasteiger charge is -2.23. The van der Waals surface area contributed by atoms with Crippen molar-refractivity contribution in [2.45, 2.75) is 32.2 Å². The van der Waals surface area contributed by atoms with Crippen molar-refractivity contribution in [2.75, 3.05) is 53.0 Å². The van der Waals surface area contributed by atoms with Crippen LogP contribution < -0.4 is 10.6 Å². The van der Waals surface area contributed by atoms with E-state index < -0.39 is 0 Å². The van der Waals surface area contributed by atoms with Gasteiger partial charge in [-0.3, -0.25) is 24.4 Å². The highest BCUT2D eigenvalue weighted by atomic mass is 16.5. The normalized spacial score (nSPS) is 33.1. The van der Waals surface area contributed by atoms with Crippen LogP contribution in [-0.4, -0.2) is 86.6 Å². The molecule has 2 amide bonds. The zero-order chi connectivity index (χ0) is 21.1. The molecule has 8 heteroatoms. The lowest BCUT2D eigenvalue weighted by Crippen LogP contribution is -2.44. The minimum Gasteiger partial charge on any atom is -0.383 e. The van der Waals surface area contributed by atoms with Crippen LogP contribution in [0.3, 0.4) is 0 Å². The van der Waals surface area contributed by atoms with Gasteiger partial charge in [-0.15, -0.1) is 0 Å². The number of rotatable bonds is 9. The van der Waals surface area contributed by atoms with Crippen LogP contribution in [-0.2, 0) is 14.3 Å². The highest BCUT2D eigenvalue weighted by molar-refractivity contribution is 6.06. The molecule has 4 rings (SSSR count). The number of hydrogen-bond acceptors (Lipinski definition) is 5. The third-order valence-electron chi connectivity index (χ3n) is 7.08. The van der Waals surface area contributed by atoms with Gasteiger partial charge in [-0.25, -0.2) is 0 Å². The summed E-state index contributed by atoms with van der Waals surface area (Å²) in [5.41, 5.74) is 0. The first-order valence-corrected chi connectivity index (χ1v) is 11.4. The van der Waals surface area contributed by atoms with E-state index >= 15 is 0 Å².